The third kappa shape index (κ3) is 6.36. The Hall–Kier alpha value is -3.46. The summed E-state index contributed by atoms with van der Waals surface area (Å²) >= 11 is 0. The van der Waals surface area contributed by atoms with Gasteiger partial charge in [0.1, 0.15) is 11.3 Å². The second-order valence-electron chi connectivity index (χ2n) is 9.92. The molecule has 0 spiro atoms. The van der Waals surface area contributed by atoms with Crippen LogP contribution in [0.1, 0.15) is 37.6 Å². The zero-order valence-corrected chi connectivity index (χ0v) is 21.3. The summed E-state index contributed by atoms with van der Waals surface area (Å²) in [5, 5.41) is 7.16. The molecule has 1 fully saturated rings. The minimum absolute atomic E-state index is 0.404. The molecule has 0 aliphatic carbocycles. The average molecular weight is 478 g/mol. The van der Waals surface area contributed by atoms with Gasteiger partial charge in [-0.2, -0.15) is 5.10 Å². The number of carbonyl (C=O) groups is 1. The van der Waals surface area contributed by atoms with Gasteiger partial charge in [0.05, 0.1) is 6.20 Å². The highest BCUT2D eigenvalue weighted by Gasteiger charge is 2.22. The molecule has 9 nitrogen and oxygen atoms in total. The van der Waals surface area contributed by atoms with Crippen LogP contribution in [0.2, 0.25) is 0 Å². The van der Waals surface area contributed by atoms with Gasteiger partial charge in [-0.1, -0.05) is 24.3 Å². The molecule has 1 aliphatic rings. The fourth-order valence-electron chi connectivity index (χ4n) is 4.09. The fraction of sp³-hybridized carbons (Fsp3) is 0.462. The number of nitrogens with zero attached hydrogens (tertiary/aromatic N) is 6. The van der Waals surface area contributed by atoms with Crippen LogP contribution in [0.25, 0.3) is 11.3 Å². The summed E-state index contributed by atoms with van der Waals surface area (Å²) in [5.41, 5.74) is 4.85. The molecular formula is C26H35N7O2. The van der Waals surface area contributed by atoms with E-state index < -0.39 is 11.7 Å². The molecule has 3 aromatic rings. The van der Waals surface area contributed by atoms with Crippen molar-refractivity contribution in [2.45, 2.75) is 46.4 Å². The van der Waals surface area contributed by atoms with Crippen molar-refractivity contribution in [1.29, 1.82) is 0 Å². The summed E-state index contributed by atoms with van der Waals surface area (Å²) in [7, 11) is 1.98. The molecule has 1 aromatic carbocycles. The van der Waals surface area contributed by atoms with E-state index >= 15 is 0 Å². The summed E-state index contributed by atoms with van der Waals surface area (Å²) in [6, 6.07) is 8.06. The van der Waals surface area contributed by atoms with Crippen molar-refractivity contribution in [3.8, 4) is 11.3 Å². The van der Waals surface area contributed by atoms with Gasteiger partial charge >= 0.3 is 6.09 Å². The highest BCUT2D eigenvalue weighted by molar-refractivity contribution is 5.72. The number of hydrogen-bond donors (Lipinski definition) is 1. The number of anilines is 1. The van der Waals surface area contributed by atoms with Crippen LogP contribution in [-0.4, -0.2) is 62.5 Å². The molecule has 1 N–H and O–H groups in total. The van der Waals surface area contributed by atoms with Crippen LogP contribution in [0.5, 0.6) is 0 Å². The lowest BCUT2D eigenvalue weighted by atomic mass is 10.1. The molecule has 1 saturated heterocycles. The molecule has 1 amide bonds. The lowest BCUT2D eigenvalue weighted by Crippen LogP contribution is -2.46. The molecule has 0 atom stereocenters. The van der Waals surface area contributed by atoms with E-state index in [0.717, 1.165) is 55.4 Å². The highest BCUT2D eigenvalue weighted by atomic mass is 16.6. The molecule has 0 radical (unpaired) electrons. The number of ether oxygens (including phenoxy) is 1. The van der Waals surface area contributed by atoms with E-state index in [-0.39, 0.29) is 0 Å². The zero-order chi connectivity index (χ0) is 25.0. The summed E-state index contributed by atoms with van der Waals surface area (Å²) in [6.45, 7) is 12.7. The van der Waals surface area contributed by atoms with Crippen LogP contribution >= 0.6 is 0 Å². The Bertz CT molecular complexity index is 1140. The van der Waals surface area contributed by atoms with E-state index in [2.05, 4.69) is 37.1 Å². The zero-order valence-electron chi connectivity index (χ0n) is 21.3. The Balaban J connectivity index is 1.38. The van der Waals surface area contributed by atoms with E-state index in [9.17, 15) is 4.79 Å². The van der Waals surface area contributed by atoms with Crippen LogP contribution in [0, 0.1) is 6.92 Å². The van der Waals surface area contributed by atoms with Gasteiger partial charge in [-0.15, -0.1) is 0 Å². The molecule has 0 unspecified atom stereocenters. The molecule has 0 bridgehead atoms. The Morgan fingerprint density at radius 3 is 2.37 bits per heavy atom. The maximum Gasteiger partial charge on any atom is 0.407 e. The maximum absolute atomic E-state index is 11.9. The molecule has 1 aliphatic heterocycles. The number of hydrogen-bond acceptors (Lipinski definition) is 7. The van der Waals surface area contributed by atoms with Crippen molar-refractivity contribution < 1.29 is 9.53 Å². The first-order chi connectivity index (χ1) is 16.7. The second kappa shape index (κ2) is 10.4. The number of carbonyl (C=O) groups excluding carboxylic acids is 1. The van der Waals surface area contributed by atoms with Crippen LogP contribution in [0.15, 0.2) is 42.9 Å². The lowest BCUT2D eigenvalue weighted by Gasteiger charge is -2.35. The van der Waals surface area contributed by atoms with E-state index in [1.54, 1.807) is 12.4 Å². The third-order valence-electron chi connectivity index (χ3n) is 6.14. The van der Waals surface area contributed by atoms with Crippen molar-refractivity contribution in [2.24, 2.45) is 7.05 Å². The van der Waals surface area contributed by atoms with Crippen LogP contribution in [0.4, 0.5) is 10.6 Å². The predicted molar refractivity (Wildman–Crippen MR) is 136 cm³/mol. The van der Waals surface area contributed by atoms with Gasteiger partial charge in [0.25, 0.3) is 0 Å². The molecule has 2 aromatic heterocycles. The molecule has 4 rings (SSSR count). The molecule has 35 heavy (non-hydrogen) atoms. The van der Waals surface area contributed by atoms with Crippen LogP contribution < -0.4 is 10.2 Å². The first-order valence-corrected chi connectivity index (χ1v) is 12.0. The molecular weight excluding hydrogens is 442 g/mol. The minimum Gasteiger partial charge on any atom is -0.444 e. The number of benzene rings is 1. The van der Waals surface area contributed by atoms with Crippen molar-refractivity contribution in [2.75, 3.05) is 31.1 Å². The normalized spacial score (nSPS) is 14.7. The number of rotatable bonds is 6. The van der Waals surface area contributed by atoms with Gasteiger partial charge in [-0.3, -0.25) is 14.6 Å². The smallest absolute Gasteiger partial charge is 0.407 e. The number of piperazine rings is 1. The lowest BCUT2D eigenvalue weighted by molar-refractivity contribution is 0.0523. The number of aryl methyl sites for hydroxylation is 1. The first-order valence-electron chi connectivity index (χ1n) is 12.0. The Labute approximate surface area is 207 Å². The molecule has 3 heterocycles. The number of nitrogens with one attached hydrogen (secondary N) is 1. The summed E-state index contributed by atoms with van der Waals surface area (Å²) < 4.78 is 7.23. The number of alkyl carbamates (subject to hydrolysis) is 1. The summed E-state index contributed by atoms with van der Waals surface area (Å²) in [4.78, 5) is 26.0. The predicted octanol–water partition coefficient (Wildman–Crippen LogP) is 3.53. The Morgan fingerprint density at radius 2 is 1.74 bits per heavy atom. The van der Waals surface area contributed by atoms with Crippen molar-refractivity contribution in [3.05, 3.63) is 59.7 Å². The molecule has 0 saturated carbocycles. The van der Waals surface area contributed by atoms with E-state index in [1.165, 1.54) is 11.3 Å². The third-order valence-corrected chi connectivity index (χ3v) is 6.14. The minimum atomic E-state index is -0.514. The van der Waals surface area contributed by atoms with Crippen molar-refractivity contribution in [3.63, 3.8) is 0 Å². The van der Waals surface area contributed by atoms with Crippen molar-refractivity contribution in [1.82, 2.24) is 30.0 Å². The van der Waals surface area contributed by atoms with Gasteiger partial charge in [0, 0.05) is 75.5 Å². The second-order valence-corrected chi connectivity index (χ2v) is 9.92. The molecule has 186 valence electrons. The largest absolute Gasteiger partial charge is 0.444 e. The van der Waals surface area contributed by atoms with Gasteiger partial charge in [0.15, 0.2) is 5.82 Å². The van der Waals surface area contributed by atoms with Crippen LogP contribution in [-0.2, 0) is 24.9 Å². The Kier molecular flexibility index (Phi) is 7.35. The topological polar surface area (TPSA) is 88.4 Å². The van der Waals surface area contributed by atoms with E-state index in [4.69, 9.17) is 4.74 Å². The van der Waals surface area contributed by atoms with Crippen molar-refractivity contribution >= 4 is 11.9 Å². The van der Waals surface area contributed by atoms with E-state index in [0.29, 0.717) is 6.54 Å². The number of aromatic nitrogens is 4. The van der Waals surface area contributed by atoms with Gasteiger partial charge in [0.2, 0.25) is 0 Å². The SMILES string of the molecule is Cc1c(CN2CCN(c3nccnc3-c3ccc(CNC(=O)OC(C)(C)C)cc3)CC2)cnn1C. The maximum atomic E-state index is 11.9. The number of amides is 1. The highest BCUT2D eigenvalue weighted by Crippen LogP contribution is 2.28. The average Bonchev–Trinajstić information content (AvgIpc) is 3.15. The van der Waals surface area contributed by atoms with Gasteiger partial charge in [-0.25, -0.2) is 9.78 Å². The van der Waals surface area contributed by atoms with Crippen LogP contribution in [0.3, 0.4) is 0 Å². The standard InChI is InChI=1S/C26H35N7O2/c1-19-22(17-30-31(19)5)18-32-12-14-33(15-13-32)24-23(27-10-11-28-24)21-8-6-20(7-9-21)16-29-25(34)35-26(2,3)4/h6-11,17H,12-16,18H2,1-5H3,(H,29,34). The quantitative estimate of drug-likeness (QED) is 0.581. The van der Waals surface area contributed by atoms with Gasteiger partial charge in [-0.05, 0) is 33.3 Å². The fourth-order valence-corrected chi connectivity index (χ4v) is 4.09. The first kappa shape index (κ1) is 24.7. The van der Waals surface area contributed by atoms with Gasteiger partial charge < -0.3 is 15.0 Å². The molecule has 9 heteroatoms. The Morgan fingerprint density at radius 1 is 1.06 bits per heavy atom. The monoisotopic (exact) mass is 477 g/mol. The summed E-state index contributed by atoms with van der Waals surface area (Å²) in [5.74, 6) is 0.907. The summed E-state index contributed by atoms with van der Waals surface area (Å²) in [6.07, 6.45) is 5.03. The van der Waals surface area contributed by atoms with E-state index in [1.807, 2.05) is 63.0 Å².